The van der Waals surface area contributed by atoms with Gasteiger partial charge in [-0.3, -0.25) is 0 Å². The average molecular weight is 176 g/mol. The Balaban J connectivity index is 3.34. The molecule has 11 heavy (non-hydrogen) atoms. The lowest BCUT2D eigenvalue weighted by atomic mass is 10.4. The van der Waals surface area contributed by atoms with Crippen molar-refractivity contribution in [2.45, 2.75) is 25.8 Å². The molecule has 2 nitrogen and oxygen atoms in total. The molecule has 0 aliphatic heterocycles. The van der Waals surface area contributed by atoms with Gasteiger partial charge in [0.15, 0.2) is 0 Å². The largest absolute Gasteiger partial charge is 0.388 e. The Hall–Kier alpha value is 0.137. The second-order valence-corrected chi connectivity index (χ2v) is 5.90. The minimum absolute atomic E-state index is 0.696. The summed E-state index contributed by atoms with van der Waals surface area (Å²) in [6.45, 7) is 2.23. The molecular weight excluding hydrogens is 156 g/mol. The Morgan fingerprint density at radius 3 is 2.00 bits per heavy atom. The molecular formula is C8H20O2Si. The monoisotopic (exact) mass is 176 g/mol. The van der Waals surface area contributed by atoms with Crippen LogP contribution in [0.1, 0.15) is 19.8 Å². The second-order valence-electron chi connectivity index (χ2n) is 2.92. The van der Waals surface area contributed by atoms with E-state index in [2.05, 4.69) is 6.92 Å². The zero-order chi connectivity index (χ0) is 8.53. The van der Waals surface area contributed by atoms with Crippen molar-refractivity contribution < 1.29 is 9.47 Å². The third-order valence-corrected chi connectivity index (χ3v) is 4.60. The first-order valence-corrected chi connectivity index (χ1v) is 6.78. The molecule has 0 aliphatic carbocycles. The molecule has 0 fully saturated rings. The molecule has 0 atom stereocenters. The van der Waals surface area contributed by atoms with Gasteiger partial charge in [-0.05, 0) is 0 Å². The van der Waals surface area contributed by atoms with Gasteiger partial charge in [0.1, 0.15) is 0 Å². The number of unbranched alkanes of at least 4 members (excludes halogenated alkanes) is 1. The highest BCUT2D eigenvalue weighted by molar-refractivity contribution is 6.58. The number of hydrogen-bond donors (Lipinski definition) is 0. The zero-order valence-electron chi connectivity index (χ0n) is 7.93. The Morgan fingerprint density at radius 1 is 1.09 bits per heavy atom. The van der Waals surface area contributed by atoms with E-state index in [1.165, 1.54) is 18.9 Å². The molecule has 0 heterocycles. The summed E-state index contributed by atoms with van der Waals surface area (Å²) >= 11 is 0. The first-order chi connectivity index (χ1) is 5.35. The van der Waals surface area contributed by atoms with Crippen LogP contribution in [0.25, 0.3) is 0 Å². The molecule has 0 aromatic carbocycles. The van der Waals surface area contributed by atoms with Gasteiger partial charge in [-0.25, -0.2) is 0 Å². The van der Waals surface area contributed by atoms with Crippen LogP contribution in [0, 0.1) is 0 Å². The van der Waals surface area contributed by atoms with Crippen molar-refractivity contribution in [2.75, 3.05) is 26.7 Å². The SMILES string of the molecule is CCCC[SiH](COC)COC. The van der Waals surface area contributed by atoms with Gasteiger partial charge < -0.3 is 9.47 Å². The van der Waals surface area contributed by atoms with Crippen molar-refractivity contribution in [3.8, 4) is 0 Å². The van der Waals surface area contributed by atoms with Gasteiger partial charge in [-0.1, -0.05) is 25.8 Å². The lowest BCUT2D eigenvalue weighted by molar-refractivity contribution is 0.222. The molecule has 0 N–H and O–H groups in total. The lowest BCUT2D eigenvalue weighted by Crippen LogP contribution is -2.26. The molecule has 3 heteroatoms. The second kappa shape index (κ2) is 8.24. The Labute approximate surface area is 71.5 Å². The molecule has 0 saturated heterocycles. The highest BCUT2D eigenvalue weighted by atomic mass is 28.3. The molecule has 0 saturated carbocycles. The van der Waals surface area contributed by atoms with Gasteiger partial charge in [0.25, 0.3) is 0 Å². The van der Waals surface area contributed by atoms with Crippen molar-refractivity contribution in [3.05, 3.63) is 0 Å². The van der Waals surface area contributed by atoms with Crippen LogP contribution in [0.2, 0.25) is 6.04 Å². The van der Waals surface area contributed by atoms with E-state index in [0.717, 1.165) is 12.5 Å². The number of ether oxygens (including phenoxy) is 2. The number of rotatable bonds is 7. The van der Waals surface area contributed by atoms with E-state index in [1.54, 1.807) is 14.2 Å². The van der Waals surface area contributed by atoms with E-state index >= 15 is 0 Å². The molecule has 0 aromatic heterocycles. The maximum Gasteiger partial charge on any atom is 0.0975 e. The van der Waals surface area contributed by atoms with Crippen LogP contribution in [0.5, 0.6) is 0 Å². The molecule has 0 radical (unpaired) electrons. The summed E-state index contributed by atoms with van der Waals surface area (Å²) in [7, 11) is 2.86. The predicted octanol–water partition coefficient (Wildman–Crippen LogP) is 1.38. The van der Waals surface area contributed by atoms with Crippen LogP contribution in [0.15, 0.2) is 0 Å². The topological polar surface area (TPSA) is 18.5 Å². The van der Waals surface area contributed by atoms with Gasteiger partial charge in [-0.15, -0.1) is 0 Å². The fourth-order valence-electron chi connectivity index (χ4n) is 1.18. The summed E-state index contributed by atoms with van der Waals surface area (Å²) in [5.74, 6) is 0. The summed E-state index contributed by atoms with van der Waals surface area (Å²) in [5.41, 5.74) is 0. The van der Waals surface area contributed by atoms with E-state index in [9.17, 15) is 0 Å². The minimum atomic E-state index is -0.696. The minimum Gasteiger partial charge on any atom is -0.388 e. The summed E-state index contributed by atoms with van der Waals surface area (Å²) in [5, 5.41) is 0. The Kier molecular flexibility index (Phi) is 8.34. The van der Waals surface area contributed by atoms with Crippen molar-refractivity contribution in [2.24, 2.45) is 0 Å². The molecule has 0 aromatic rings. The van der Waals surface area contributed by atoms with E-state index in [-0.39, 0.29) is 0 Å². The fourth-order valence-corrected chi connectivity index (χ4v) is 3.54. The maximum absolute atomic E-state index is 5.14. The van der Waals surface area contributed by atoms with Crippen LogP contribution in [0.4, 0.5) is 0 Å². The summed E-state index contributed by atoms with van der Waals surface area (Å²) in [6, 6.07) is 1.36. The standard InChI is InChI=1S/C8H20O2Si/c1-4-5-6-11(7-9-2)8-10-3/h11H,4-8H2,1-3H3. The summed E-state index contributed by atoms with van der Waals surface area (Å²) in [4.78, 5) is 0. The Bertz CT molecular complexity index is 72.5. The lowest BCUT2D eigenvalue weighted by Gasteiger charge is -2.11. The van der Waals surface area contributed by atoms with Crippen LogP contribution in [0.3, 0.4) is 0 Å². The van der Waals surface area contributed by atoms with Crippen molar-refractivity contribution in [1.29, 1.82) is 0 Å². The molecule has 0 rings (SSSR count). The van der Waals surface area contributed by atoms with Crippen molar-refractivity contribution in [1.82, 2.24) is 0 Å². The highest BCUT2D eigenvalue weighted by Crippen LogP contribution is 2.01. The fraction of sp³-hybridized carbons (Fsp3) is 1.00. The van der Waals surface area contributed by atoms with Crippen molar-refractivity contribution >= 4 is 8.80 Å². The number of hydrogen-bond acceptors (Lipinski definition) is 2. The van der Waals surface area contributed by atoms with Gasteiger partial charge in [0.2, 0.25) is 0 Å². The zero-order valence-corrected chi connectivity index (χ0v) is 9.08. The maximum atomic E-state index is 5.14. The first-order valence-electron chi connectivity index (χ1n) is 4.33. The Morgan fingerprint density at radius 2 is 1.64 bits per heavy atom. The van der Waals surface area contributed by atoms with Gasteiger partial charge in [-0.2, -0.15) is 0 Å². The van der Waals surface area contributed by atoms with Gasteiger partial charge >= 0.3 is 0 Å². The van der Waals surface area contributed by atoms with Crippen molar-refractivity contribution in [3.63, 3.8) is 0 Å². The van der Waals surface area contributed by atoms with E-state index in [1.807, 2.05) is 0 Å². The van der Waals surface area contributed by atoms with E-state index in [0.29, 0.717) is 0 Å². The van der Waals surface area contributed by atoms with E-state index < -0.39 is 8.80 Å². The average Bonchev–Trinajstić information content (AvgIpc) is 2.01. The molecule has 0 bridgehead atoms. The molecule has 0 spiro atoms. The van der Waals surface area contributed by atoms with Crippen LogP contribution >= 0.6 is 0 Å². The smallest absolute Gasteiger partial charge is 0.0975 e. The van der Waals surface area contributed by atoms with Gasteiger partial charge in [0, 0.05) is 26.7 Å². The third-order valence-electron chi connectivity index (χ3n) is 1.77. The van der Waals surface area contributed by atoms with Gasteiger partial charge in [0.05, 0.1) is 8.80 Å². The number of methoxy groups -OCH3 is 2. The van der Waals surface area contributed by atoms with Crippen LogP contribution in [-0.2, 0) is 9.47 Å². The quantitative estimate of drug-likeness (QED) is 0.546. The third kappa shape index (κ3) is 6.53. The molecule has 0 aliphatic rings. The first kappa shape index (κ1) is 11.1. The normalized spacial score (nSPS) is 10.9. The summed E-state index contributed by atoms with van der Waals surface area (Å²) in [6.07, 6.45) is 4.56. The molecule has 0 unspecified atom stereocenters. The van der Waals surface area contributed by atoms with Crippen LogP contribution < -0.4 is 0 Å². The summed E-state index contributed by atoms with van der Waals surface area (Å²) < 4.78 is 10.3. The molecule has 0 amide bonds. The van der Waals surface area contributed by atoms with Crippen LogP contribution in [-0.4, -0.2) is 35.5 Å². The van der Waals surface area contributed by atoms with E-state index in [4.69, 9.17) is 9.47 Å². The highest BCUT2D eigenvalue weighted by Gasteiger charge is 2.08. The predicted molar refractivity (Wildman–Crippen MR) is 50.6 cm³/mol. The molecule has 68 valence electrons.